The van der Waals surface area contributed by atoms with E-state index in [4.69, 9.17) is 9.47 Å². The Balaban J connectivity index is 1.57. The summed E-state index contributed by atoms with van der Waals surface area (Å²) in [6, 6.07) is 9.76. The minimum atomic E-state index is -0.101. The number of aliphatic hydroxyl groups excluding tert-OH is 1. The molecular weight excluding hydrogens is 282 g/mol. The Kier molecular flexibility index (Phi) is 5.03. The maximum Gasteiger partial charge on any atom is 0.119 e. The Bertz CT molecular complexity index is 580. The molecule has 1 N–H and O–H groups in total. The zero-order valence-corrected chi connectivity index (χ0v) is 12.5. The maximum absolute atomic E-state index is 9.42. The van der Waals surface area contributed by atoms with Crippen LogP contribution in [0.4, 0.5) is 0 Å². The number of ether oxygens (including phenoxy) is 2. The largest absolute Gasteiger partial charge is 0.494 e. The third-order valence-corrected chi connectivity index (χ3v) is 3.76. The lowest BCUT2D eigenvalue weighted by Gasteiger charge is -2.13. The lowest BCUT2D eigenvalue weighted by molar-refractivity contribution is 0.102. The van der Waals surface area contributed by atoms with Gasteiger partial charge in [-0.05, 0) is 25.0 Å². The summed E-state index contributed by atoms with van der Waals surface area (Å²) in [5.41, 5.74) is 1.54. The lowest BCUT2D eigenvalue weighted by Crippen LogP contribution is -2.13. The van der Waals surface area contributed by atoms with E-state index >= 15 is 0 Å². The topological polar surface area (TPSA) is 69.4 Å². The molecule has 2 aromatic rings. The molecule has 0 bridgehead atoms. The summed E-state index contributed by atoms with van der Waals surface area (Å²) >= 11 is 0. The molecule has 1 aromatic carbocycles. The summed E-state index contributed by atoms with van der Waals surface area (Å²) in [6.07, 6.45) is 2.83. The van der Waals surface area contributed by atoms with Gasteiger partial charge in [-0.25, -0.2) is 4.68 Å². The first-order valence-electron chi connectivity index (χ1n) is 7.71. The van der Waals surface area contributed by atoms with Crippen LogP contribution < -0.4 is 4.74 Å². The van der Waals surface area contributed by atoms with Gasteiger partial charge in [0.15, 0.2) is 0 Å². The van der Waals surface area contributed by atoms with Gasteiger partial charge in [0, 0.05) is 19.6 Å². The lowest BCUT2D eigenvalue weighted by atomic mass is 10.1. The molecule has 0 amide bonds. The number of benzene rings is 1. The van der Waals surface area contributed by atoms with Crippen LogP contribution in [0.1, 0.15) is 36.8 Å². The molecule has 1 aliphatic rings. The fraction of sp³-hybridized carbons (Fsp3) is 0.500. The van der Waals surface area contributed by atoms with E-state index in [1.807, 2.05) is 35.0 Å². The molecule has 3 rings (SSSR count). The SMILES string of the molecule is OCc1nnn(CCCOc2ccccc2)c1C1CCCO1. The fourth-order valence-corrected chi connectivity index (χ4v) is 2.70. The first-order valence-corrected chi connectivity index (χ1v) is 7.71. The number of aliphatic hydroxyl groups is 1. The minimum Gasteiger partial charge on any atom is -0.494 e. The average molecular weight is 303 g/mol. The van der Waals surface area contributed by atoms with Gasteiger partial charge in [-0.1, -0.05) is 23.4 Å². The summed E-state index contributed by atoms with van der Waals surface area (Å²) < 4.78 is 13.2. The normalized spacial score (nSPS) is 17.8. The van der Waals surface area contributed by atoms with Crippen molar-refractivity contribution in [2.45, 2.75) is 38.5 Å². The predicted octanol–water partition coefficient (Wildman–Crippen LogP) is 2.09. The molecule has 1 aliphatic heterocycles. The second kappa shape index (κ2) is 7.38. The molecule has 0 saturated carbocycles. The Morgan fingerprint density at radius 2 is 2.18 bits per heavy atom. The Morgan fingerprint density at radius 1 is 1.32 bits per heavy atom. The molecule has 22 heavy (non-hydrogen) atoms. The summed E-state index contributed by atoms with van der Waals surface area (Å²) in [7, 11) is 0. The van der Waals surface area contributed by atoms with Crippen LogP contribution >= 0.6 is 0 Å². The molecular formula is C16H21N3O3. The molecule has 118 valence electrons. The first-order chi connectivity index (χ1) is 10.9. The molecule has 1 fully saturated rings. The molecule has 1 saturated heterocycles. The number of rotatable bonds is 7. The van der Waals surface area contributed by atoms with Crippen molar-refractivity contribution in [1.82, 2.24) is 15.0 Å². The van der Waals surface area contributed by atoms with Crippen LogP contribution in [0.15, 0.2) is 30.3 Å². The average Bonchev–Trinajstić information content (AvgIpc) is 3.21. The number of para-hydroxylation sites is 1. The van der Waals surface area contributed by atoms with Gasteiger partial charge in [-0.15, -0.1) is 5.10 Å². The van der Waals surface area contributed by atoms with Gasteiger partial charge in [0.25, 0.3) is 0 Å². The number of aryl methyl sites for hydroxylation is 1. The van der Waals surface area contributed by atoms with E-state index in [1.54, 1.807) is 0 Å². The van der Waals surface area contributed by atoms with E-state index < -0.39 is 0 Å². The van der Waals surface area contributed by atoms with Crippen LogP contribution in [0.2, 0.25) is 0 Å². The zero-order chi connectivity index (χ0) is 15.2. The van der Waals surface area contributed by atoms with Crippen molar-refractivity contribution in [3.05, 3.63) is 41.7 Å². The van der Waals surface area contributed by atoms with Gasteiger partial charge in [0.2, 0.25) is 0 Å². The Hall–Kier alpha value is -1.92. The van der Waals surface area contributed by atoms with Crippen LogP contribution in [0.25, 0.3) is 0 Å². The van der Waals surface area contributed by atoms with E-state index in [2.05, 4.69) is 10.3 Å². The van der Waals surface area contributed by atoms with Crippen LogP contribution in [-0.4, -0.2) is 33.3 Å². The third kappa shape index (κ3) is 3.45. The number of hydrogen-bond acceptors (Lipinski definition) is 5. The highest BCUT2D eigenvalue weighted by Gasteiger charge is 2.26. The van der Waals surface area contributed by atoms with Crippen molar-refractivity contribution in [3.8, 4) is 5.75 Å². The molecule has 1 atom stereocenters. The minimum absolute atomic E-state index is 0.00666. The fourth-order valence-electron chi connectivity index (χ4n) is 2.70. The highest BCUT2D eigenvalue weighted by atomic mass is 16.5. The van der Waals surface area contributed by atoms with E-state index in [0.29, 0.717) is 18.8 Å². The maximum atomic E-state index is 9.42. The van der Waals surface area contributed by atoms with Gasteiger partial charge in [-0.3, -0.25) is 0 Å². The Morgan fingerprint density at radius 3 is 2.91 bits per heavy atom. The van der Waals surface area contributed by atoms with Crippen LogP contribution in [-0.2, 0) is 17.9 Å². The van der Waals surface area contributed by atoms with Gasteiger partial charge < -0.3 is 14.6 Å². The van der Waals surface area contributed by atoms with Crippen molar-refractivity contribution >= 4 is 0 Å². The van der Waals surface area contributed by atoms with E-state index in [1.165, 1.54) is 0 Å². The molecule has 2 heterocycles. The number of nitrogens with zero attached hydrogens (tertiary/aromatic N) is 3. The molecule has 6 heteroatoms. The summed E-state index contributed by atoms with van der Waals surface area (Å²) in [5.74, 6) is 0.872. The molecule has 0 aliphatic carbocycles. The van der Waals surface area contributed by atoms with Gasteiger partial charge in [-0.2, -0.15) is 0 Å². The van der Waals surface area contributed by atoms with Gasteiger partial charge in [0.05, 0.1) is 18.9 Å². The second-order valence-corrected chi connectivity index (χ2v) is 5.32. The number of hydrogen-bond donors (Lipinski definition) is 1. The van der Waals surface area contributed by atoms with Gasteiger partial charge in [0.1, 0.15) is 17.5 Å². The molecule has 1 aromatic heterocycles. The van der Waals surface area contributed by atoms with Crippen LogP contribution in [0.3, 0.4) is 0 Å². The van der Waals surface area contributed by atoms with Crippen molar-refractivity contribution in [2.75, 3.05) is 13.2 Å². The smallest absolute Gasteiger partial charge is 0.119 e. The molecule has 1 unspecified atom stereocenters. The number of aromatic nitrogens is 3. The van der Waals surface area contributed by atoms with E-state index in [-0.39, 0.29) is 12.7 Å². The molecule has 0 radical (unpaired) electrons. The van der Waals surface area contributed by atoms with Crippen molar-refractivity contribution in [2.24, 2.45) is 0 Å². The summed E-state index contributed by atoms with van der Waals surface area (Å²) in [6.45, 7) is 1.98. The predicted molar refractivity (Wildman–Crippen MR) is 80.4 cm³/mol. The van der Waals surface area contributed by atoms with Crippen molar-refractivity contribution in [1.29, 1.82) is 0 Å². The quantitative estimate of drug-likeness (QED) is 0.793. The van der Waals surface area contributed by atoms with E-state index in [9.17, 15) is 5.11 Å². The van der Waals surface area contributed by atoms with Crippen LogP contribution in [0, 0.1) is 0 Å². The highest BCUT2D eigenvalue weighted by molar-refractivity contribution is 5.20. The highest BCUT2D eigenvalue weighted by Crippen LogP contribution is 2.30. The second-order valence-electron chi connectivity index (χ2n) is 5.32. The molecule has 0 spiro atoms. The van der Waals surface area contributed by atoms with E-state index in [0.717, 1.165) is 37.3 Å². The van der Waals surface area contributed by atoms with Crippen molar-refractivity contribution < 1.29 is 14.6 Å². The third-order valence-electron chi connectivity index (χ3n) is 3.76. The molecule has 6 nitrogen and oxygen atoms in total. The summed E-state index contributed by atoms with van der Waals surface area (Å²) in [4.78, 5) is 0. The van der Waals surface area contributed by atoms with Gasteiger partial charge >= 0.3 is 0 Å². The Labute approximate surface area is 129 Å². The standard InChI is InChI=1S/C16H21N3O3/c20-12-14-16(15-8-4-10-22-15)19(18-17-14)9-5-11-21-13-6-2-1-3-7-13/h1-3,6-7,15,20H,4-5,8-12H2. The van der Waals surface area contributed by atoms with Crippen molar-refractivity contribution in [3.63, 3.8) is 0 Å². The van der Waals surface area contributed by atoms with Crippen LogP contribution in [0.5, 0.6) is 5.75 Å². The monoisotopic (exact) mass is 303 g/mol. The first kappa shape index (κ1) is 15.0. The zero-order valence-electron chi connectivity index (χ0n) is 12.5. The summed E-state index contributed by atoms with van der Waals surface area (Å²) in [5, 5.41) is 17.6.